The van der Waals surface area contributed by atoms with Crippen molar-refractivity contribution in [2.45, 2.75) is 19.4 Å². The van der Waals surface area contributed by atoms with Crippen molar-refractivity contribution in [3.63, 3.8) is 0 Å². The highest BCUT2D eigenvalue weighted by atomic mass is 19.1. The van der Waals surface area contributed by atoms with Gasteiger partial charge in [-0.3, -0.25) is 4.90 Å². The molecule has 0 N–H and O–H groups in total. The van der Waals surface area contributed by atoms with Crippen LogP contribution in [0.3, 0.4) is 0 Å². The molecule has 1 saturated heterocycles. The van der Waals surface area contributed by atoms with E-state index in [-0.39, 0.29) is 5.83 Å². The largest absolute Gasteiger partial charge is 0.296 e. The first-order valence-corrected chi connectivity index (χ1v) is 5.82. The van der Waals surface area contributed by atoms with E-state index in [1.165, 1.54) is 6.08 Å². The quantitative estimate of drug-likeness (QED) is 0.656. The molecule has 1 fully saturated rings. The molecule has 1 nitrogen and oxygen atoms in total. The third-order valence-electron chi connectivity index (χ3n) is 3.57. The summed E-state index contributed by atoms with van der Waals surface area (Å²) in [5, 5.41) is 0. The van der Waals surface area contributed by atoms with Crippen molar-refractivity contribution in [2.24, 2.45) is 5.92 Å². The summed E-state index contributed by atoms with van der Waals surface area (Å²) in [7, 11) is 0. The summed E-state index contributed by atoms with van der Waals surface area (Å²) in [6.45, 7) is 11.5. The van der Waals surface area contributed by atoms with Crippen LogP contribution < -0.4 is 0 Å². The maximum absolute atomic E-state index is 13.6. The lowest BCUT2D eigenvalue weighted by atomic mass is 9.99. The van der Waals surface area contributed by atoms with Gasteiger partial charge in [0.15, 0.2) is 0 Å². The number of rotatable bonds is 4. The fraction of sp³-hybridized carbons (Fsp3) is 0.429. The monoisotopic (exact) mass is 219 g/mol. The van der Waals surface area contributed by atoms with Crippen LogP contribution >= 0.6 is 0 Å². The van der Waals surface area contributed by atoms with Gasteiger partial charge < -0.3 is 0 Å². The Balaban J connectivity index is 2.33. The SMILES string of the molecule is C=C/C(F)=C(\C=C)C1=CC2CC1N(CC)C2. The third-order valence-corrected chi connectivity index (χ3v) is 3.57. The maximum atomic E-state index is 13.6. The number of likely N-dealkylation sites (tertiary alicyclic amines) is 1. The molecule has 2 atom stereocenters. The van der Waals surface area contributed by atoms with Crippen LogP contribution in [0.5, 0.6) is 0 Å². The van der Waals surface area contributed by atoms with Crippen LogP contribution in [0, 0.1) is 5.92 Å². The standard InChI is InChI=1S/C14H18FN/c1-4-11(13(15)5-2)12-7-10-8-14(12)16(6-3)9-10/h4-5,7,10,14H,1-2,6,8-9H2,3H3/b13-11-. The minimum absolute atomic E-state index is 0.259. The van der Waals surface area contributed by atoms with Gasteiger partial charge in [0.1, 0.15) is 5.83 Å². The fourth-order valence-corrected chi connectivity index (χ4v) is 2.83. The van der Waals surface area contributed by atoms with Gasteiger partial charge >= 0.3 is 0 Å². The average Bonchev–Trinajstić information content (AvgIpc) is 2.88. The molecule has 2 aliphatic rings. The number of likely N-dealkylation sites (N-methyl/N-ethyl adjacent to an activating group) is 1. The number of hydrogen-bond donors (Lipinski definition) is 0. The lowest BCUT2D eigenvalue weighted by molar-refractivity contribution is 0.287. The lowest BCUT2D eigenvalue weighted by Crippen LogP contribution is -2.33. The molecule has 0 aromatic heterocycles. The number of hydrogen-bond acceptors (Lipinski definition) is 1. The van der Waals surface area contributed by atoms with E-state index in [2.05, 4.69) is 31.1 Å². The summed E-state index contributed by atoms with van der Waals surface area (Å²) in [5.41, 5.74) is 1.73. The Morgan fingerprint density at radius 3 is 2.81 bits per heavy atom. The summed E-state index contributed by atoms with van der Waals surface area (Å²) < 4.78 is 13.6. The Morgan fingerprint density at radius 1 is 1.56 bits per heavy atom. The second kappa shape index (κ2) is 4.38. The average molecular weight is 219 g/mol. The van der Waals surface area contributed by atoms with Crippen LogP contribution in [0.1, 0.15) is 13.3 Å². The van der Waals surface area contributed by atoms with Crippen molar-refractivity contribution in [1.29, 1.82) is 0 Å². The second-order valence-electron chi connectivity index (χ2n) is 4.39. The van der Waals surface area contributed by atoms with E-state index < -0.39 is 0 Å². The third kappa shape index (κ3) is 1.67. The molecular formula is C14H18FN. The fourth-order valence-electron chi connectivity index (χ4n) is 2.83. The van der Waals surface area contributed by atoms with E-state index in [4.69, 9.17) is 0 Å². The maximum Gasteiger partial charge on any atom is 0.130 e. The van der Waals surface area contributed by atoms with Gasteiger partial charge in [0, 0.05) is 18.2 Å². The molecule has 0 amide bonds. The molecule has 2 unspecified atom stereocenters. The molecule has 2 heteroatoms. The van der Waals surface area contributed by atoms with Gasteiger partial charge in [-0.25, -0.2) is 4.39 Å². The van der Waals surface area contributed by atoms with E-state index in [9.17, 15) is 4.39 Å². The van der Waals surface area contributed by atoms with E-state index in [1.807, 2.05) is 0 Å². The van der Waals surface area contributed by atoms with Crippen LogP contribution in [-0.4, -0.2) is 24.0 Å². The van der Waals surface area contributed by atoms with Gasteiger partial charge in [-0.15, -0.1) is 0 Å². The molecule has 16 heavy (non-hydrogen) atoms. The van der Waals surface area contributed by atoms with Gasteiger partial charge in [-0.2, -0.15) is 0 Å². The number of halogens is 1. The summed E-state index contributed by atoms with van der Waals surface area (Å²) in [6, 6.07) is 0.383. The summed E-state index contributed by atoms with van der Waals surface area (Å²) in [4.78, 5) is 2.40. The second-order valence-corrected chi connectivity index (χ2v) is 4.39. The number of nitrogens with zero attached hydrogens (tertiary/aromatic N) is 1. The zero-order valence-electron chi connectivity index (χ0n) is 9.75. The van der Waals surface area contributed by atoms with E-state index >= 15 is 0 Å². The molecule has 2 bridgehead atoms. The van der Waals surface area contributed by atoms with Crippen molar-refractivity contribution in [3.8, 4) is 0 Å². The smallest absolute Gasteiger partial charge is 0.130 e. The van der Waals surface area contributed by atoms with Gasteiger partial charge in [-0.05, 0) is 30.5 Å². The van der Waals surface area contributed by atoms with Crippen molar-refractivity contribution < 1.29 is 4.39 Å². The molecule has 0 aromatic rings. The van der Waals surface area contributed by atoms with Gasteiger partial charge in [0.2, 0.25) is 0 Å². The van der Waals surface area contributed by atoms with Crippen LogP contribution in [-0.2, 0) is 0 Å². The summed E-state index contributed by atoms with van der Waals surface area (Å²) >= 11 is 0. The number of fused-ring (bicyclic) bond motifs is 2. The van der Waals surface area contributed by atoms with Crippen molar-refractivity contribution in [1.82, 2.24) is 4.90 Å². The first-order valence-electron chi connectivity index (χ1n) is 5.82. The Hall–Kier alpha value is -1.15. The minimum atomic E-state index is -0.259. The molecule has 0 saturated carbocycles. The van der Waals surface area contributed by atoms with E-state index in [0.717, 1.165) is 25.1 Å². The molecular weight excluding hydrogens is 201 g/mol. The van der Waals surface area contributed by atoms with Crippen LogP contribution in [0.25, 0.3) is 0 Å². The van der Waals surface area contributed by atoms with Crippen molar-refractivity contribution in [2.75, 3.05) is 13.1 Å². The molecule has 1 heterocycles. The van der Waals surface area contributed by atoms with Crippen LogP contribution in [0.2, 0.25) is 0 Å². The Morgan fingerprint density at radius 2 is 2.31 bits per heavy atom. The zero-order valence-corrected chi connectivity index (χ0v) is 9.75. The van der Waals surface area contributed by atoms with Crippen LogP contribution in [0.15, 0.2) is 48.4 Å². The summed E-state index contributed by atoms with van der Waals surface area (Å²) in [5.74, 6) is 0.331. The topological polar surface area (TPSA) is 3.24 Å². The van der Waals surface area contributed by atoms with Gasteiger partial charge in [0.25, 0.3) is 0 Å². The van der Waals surface area contributed by atoms with E-state index in [1.54, 1.807) is 6.08 Å². The predicted molar refractivity (Wildman–Crippen MR) is 65.8 cm³/mol. The van der Waals surface area contributed by atoms with E-state index in [0.29, 0.717) is 17.5 Å². The normalized spacial score (nSPS) is 30.0. The highest BCUT2D eigenvalue weighted by molar-refractivity contribution is 5.49. The Bertz CT molecular complexity index is 378. The first kappa shape index (κ1) is 11.3. The first-order chi connectivity index (χ1) is 7.71. The minimum Gasteiger partial charge on any atom is -0.296 e. The molecule has 0 aromatic carbocycles. The molecule has 2 rings (SSSR count). The predicted octanol–water partition coefficient (Wildman–Crippen LogP) is 3.23. The molecule has 1 aliphatic heterocycles. The summed E-state index contributed by atoms with van der Waals surface area (Å²) in [6.07, 6.45) is 6.21. The molecule has 1 aliphatic carbocycles. The van der Waals surface area contributed by atoms with Crippen LogP contribution in [0.4, 0.5) is 4.39 Å². The Kier molecular flexibility index (Phi) is 3.10. The Labute approximate surface area is 96.6 Å². The lowest BCUT2D eigenvalue weighted by Gasteiger charge is -2.27. The van der Waals surface area contributed by atoms with Crippen molar-refractivity contribution >= 4 is 0 Å². The number of allylic oxidation sites excluding steroid dienone is 3. The highest BCUT2D eigenvalue weighted by Gasteiger charge is 2.39. The van der Waals surface area contributed by atoms with Crippen molar-refractivity contribution in [3.05, 3.63) is 48.4 Å². The molecule has 0 spiro atoms. The molecule has 86 valence electrons. The molecule has 0 radical (unpaired) electrons. The van der Waals surface area contributed by atoms with Gasteiger partial charge in [-0.1, -0.05) is 32.2 Å². The van der Waals surface area contributed by atoms with Gasteiger partial charge in [0.05, 0.1) is 0 Å². The highest BCUT2D eigenvalue weighted by Crippen LogP contribution is 2.40. The zero-order chi connectivity index (χ0) is 11.7.